The smallest absolute Gasteiger partial charge is 0.228 e. The third kappa shape index (κ3) is 3.00. The lowest BCUT2D eigenvalue weighted by Gasteiger charge is -2.24. The highest BCUT2D eigenvalue weighted by Gasteiger charge is 2.27. The molecule has 2 heterocycles. The highest BCUT2D eigenvalue weighted by Crippen LogP contribution is 2.35. The molecular weight excluding hydrogens is 270 g/mol. The quantitative estimate of drug-likeness (QED) is 0.909. The van der Waals surface area contributed by atoms with Crippen molar-refractivity contribution in [3.8, 4) is 11.5 Å². The number of hydrogen-bond acceptors (Lipinski definition) is 6. The van der Waals surface area contributed by atoms with Crippen LogP contribution in [0.5, 0.6) is 11.5 Å². The van der Waals surface area contributed by atoms with Crippen molar-refractivity contribution in [2.24, 2.45) is 0 Å². The number of fused-ring (bicyclic) bond motifs is 1. The second-order valence-corrected chi connectivity index (χ2v) is 5.01. The molecule has 0 amide bonds. The molecule has 0 aliphatic carbocycles. The SMILES string of the molecule is CCC(Cc1nc(C2COc3ccccc3O2)no1)NC. The first-order valence-electron chi connectivity index (χ1n) is 7.18. The summed E-state index contributed by atoms with van der Waals surface area (Å²) >= 11 is 0. The van der Waals surface area contributed by atoms with E-state index in [0.717, 1.165) is 12.2 Å². The summed E-state index contributed by atoms with van der Waals surface area (Å²) in [5.74, 6) is 2.61. The van der Waals surface area contributed by atoms with E-state index in [9.17, 15) is 0 Å². The number of para-hydroxylation sites is 2. The number of rotatable bonds is 5. The molecule has 0 radical (unpaired) electrons. The molecule has 0 saturated carbocycles. The lowest BCUT2D eigenvalue weighted by atomic mass is 10.1. The molecule has 1 aromatic heterocycles. The Morgan fingerprint density at radius 2 is 2.14 bits per heavy atom. The number of ether oxygens (including phenoxy) is 2. The Morgan fingerprint density at radius 1 is 1.33 bits per heavy atom. The van der Waals surface area contributed by atoms with Crippen LogP contribution in [-0.4, -0.2) is 29.8 Å². The van der Waals surface area contributed by atoms with E-state index in [1.54, 1.807) is 0 Å². The topological polar surface area (TPSA) is 69.4 Å². The van der Waals surface area contributed by atoms with Crippen molar-refractivity contribution in [1.82, 2.24) is 15.5 Å². The molecule has 2 unspecified atom stereocenters. The van der Waals surface area contributed by atoms with Crippen LogP contribution in [0.25, 0.3) is 0 Å². The van der Waals surface area contributed by atoms with E-state index >= 15 is 0 Å². The fraction of sp³-hybridized carbons (Fsp3) is 0.467. The van der Waals surface area contributed by atoms with Gasteiger partial charge < -0.3 is 19.3 Å². The molecular formula is C15H19N3O3. The van der Waals surface area contributed by atoms with Crippen LogP contribution in [0, 0.1) is 0 Å². The average Bonchev–Trinajstić information content (AvgIpc) is 3.00. The molecule has 112 valence electrons. The Hall–Kier alpha value is -2.08. The van der Waals surface area contributed by atoms with Crippen LogP contribution in [0.2, 0.25) is 0 Å². The summed E-state index contributed by atoms with van der Waals surface area (Å²) < 4.78 is 16.8. The highest BCUT2D eigenvalue weighted by atomic mass is 16.6. The largest absolute Gasteiger partial charge is 0.485 e. The van der Waals surface area contributed by atoms with Crippen molar-refractivity contribution in [1.29, 1.82) is 0 Å². The van der Waals surface area contributed by atoms with Crippen LogP contribution < -0.4 is 14.8 Å². The fourth-order valence-electron chi connectivity index (χ4n) is 2.29. The molecule has 0 spiro atoms. The van der Waals surface area contributed by atoms with Crippen molar-refractivity contribution in [3.63, 3.8) is 0 Å². The lowest BCUT2D eigenvalue weighted by molar-refractivity contribution is 0.0832. The molecule has 0 fully saturated rings. The minimum atomic E-state index is -0.327. The Labute approximate surface area is 123 Å². The predicted octanol–water partition coefficient (Wildman–Crippen LogP) is 2.12. The Bertz CT molecular complexity index is 595. The van der Waals surface area contributed by atoms with Crippen LogP contribution in [0.4, 0.5) is 0 Å². The summed E-state index contributed by atoms with van der Waals surface area (Å²) in [6.45, 7) is 2.51. The molecule has 3 rings (SSSR count). The number of aromatic nitrogens is 2. The molecule has 6 heteroatoms. The van der Waals surface area contributed by atoms with Crippen LogP contribution >= 0.6 is 0 Å². The Morgan fingerprint density at radius 3 is 2.90 bits per heavy atom. The third-order valence-electron chi connectivity index (χ3n) is 3.60. The minimum absolute atomic E-state index is 0.327. The van der Waals surface area contributed by atoms with Gasteiger partial charge in [-0.2, -0.15) is 4.98 Å². The number of nitrogens with one attached hydrogen (secondary N) is 1. The lowest BCUT2D eigenvalue weighted by Crippen LogP contribution is -2.26. The second-order valence-electron chi connectivity index (χ2n) is 5.01. The van der Waals surface area contributed by atoms with Gasteiger partial charge in [-0.25, -0.2) is 0 Å². The number of benzene rings is 1. The predicted molar refractivity (Wildman–Crippen MR) is 76.4 cm³/mol. The maximum absolute atomic E-state index is 5.86. The normalized spacial score (nSPS) is 18.5. The van der Waals surface area contributed by atoms with Crippen molar-refractivity contribution >= 4 is 0 Å². The van der Waals surface area contributed by atoms with Crippen LogP contribution in [0.1, 0.15) is 31.2 Å². The Balaban J connectivity index is 1.70. The van der Waals surface area contributed by atoms with Gasteiger partial charge in [-0.15, -0.1) is 0 Å². The molecule has 0 bridgehead atoms. The van der Waals surface area contributed by atoms with Gasteiger partial charge in [0.05, 0.1) is 0 Å². The average molecular weight is 289 g/mol. The summed E-state index contributed by atoms with van der Waals surface area (Å²) in [4.78, 5) is 4.42. The molecule has 1 aromatic carbocycles. The maximum atomic E-state index is 5.86. The summed E-state index contributed by atoms with van der Waals surface area (Å²) in [6, 6.07) is 7.91. The van der Waals surface area contributed by atoms with Crippen molar-refractivity contribution < 1.29 is 14.0 Å². The monoisotopic (exact) mass is 289 g/mol. The van der Waals surface area contributed by atoms with Crippen LogP contribution in [0.3, 0.4) is 0 Å². The summed E-state index contributed by atoms with van der Waals surface area (Å²) in [5, 5.41) is 7.23. The van der Waals surface area contributed by atoms with Gasteiger partial charge in [-0.05, 0) is 25.6 Å². The van der Waals surface area contributed by atoms with Gasteiger partial charge in [0.1, 0.15) is 6.61 Å². The van der Waals surface area contributed by atoms with E-state index in [-0.39, 0.29) is 6.10 Å². The van der Waals surface area contributed by atoms with E-state index in [2.05, 4.69) is 22.4 Å². The molecule has 1 aliphatic heterocycles. The van der Waals surface area contributed by atoms with Crippen molar-refractivity contribution in [3.05, 3.63) is 36.0 Å². The molecule has 2 aromatic rings. The second kappa shape index (κ2) is 6.13. The van der Waals surface area contributed by atoms with E-state index in [1.807, 2.05) is 31.3 Å². The van der Waals surface area contributed by atoms with Gasteiger partial charge in [0.2, 0.25) is 11.7 Å². The summed E-state index contributed by atoms with van der Waals surface area (Å²) in [7, 11) is 1.93. The highest BCUT2D eigenvalue weighted by molar-refractivity contribution is 5.40. The molecule has 0 saturated heterocycles. The molecule has 1 N–H and O–H groups in total. The van der Waals surface area contributed by atoms with E-state index in [1.165, 1.54) is 0 Å². The number of likely N-dealkylation sites (N-methyl/N-ethyl adjacent to an activating group) is 1. The van der Waals surface area contributed by atoms with Gasteiger partial charge >= 0.3 is 0 Å². The van der Waals surface area contributed by atoms with Gasteiger partial charge in [0.25, 0.3) is 0 Å². The molecule has 2 atom stereocenters. The molecule has 1 aliphatic rings. The summed E-state index contributed by atoms with van der Waals surface area (Å²) in [6.07, 6.45) is 1.39. The maximum Gasteiger partial charge on any atom is 0.228 e. The van der Waals surface area contributed by atoms with Gasteiger partial charge in [-0.3, -0.25) is 0 Å². The van der Waals surface area contributed by atoms with Crippen LogP contribution in [0.15, 0.2) is 28.8 Å². The molecule has 6 nitrogen and oxygen atoms in total. The number of nitrogens with zero attached hydrogens (tertiary/aromatic N) is 2. The molecule has 21 heavy (non-hydrogen) atoms. The first-order valence-corrected chi connectivity index (χ1v) is 7.18. The summed E-state index contributed by atoms with van der Waals surface area (Å²) in [5.41, 5.74) is 0. The third-order valence-corrected chi connectivity index (χ3v) is 3.60. The number of hydrogen-bond donors (Lipinski definition) is 1. The van der Waals surface area contributed by atoms with Gasteiger partial charge in [0.15, 0.2) is 17.6 Å². The standard InChI is InChI=1S/C15H19N3O3/c1-3-10(16-2)8-14-17-15(18-21-14)13-9-19-11-6-4-5-7-12(11)20-13/h4-7,10,13,16H,3,8-9H2,1-2H3. The minimum Gasteiger partial charge on any atom is -0.485 e. The first-order chi connectivity index (χ1) is 10.3. The first kappa shape index (κ1) is 13.9. The van der Waals surface area contributed by atoms with E-state index in [0.29, 0.717) is 36.5 Å². The van der Waals surface area contributed by atoms with Crippen molar-refractivity contribution in [2.75, 3.05) is 13.7 Å². The van der Waals surface area contributed by atoms with Crippen LogP contribution in [-0.2, 0) is 6.42 Å². The van der Waals surface area contributed by atoms with E-state index < -0.39 is 0 Å². The zero-order chi connectivity index (χ0) is 14.7. The van der Waals surface area contributed by atoms with Gasteiger partial charge in [-0.1, -0.05) is 24.2 Å². The zero-order valence-electron chi connectivity index (χ0n) is 12.2. The zero-order valence-corrected chi connectivity index (χ0v) is 12.2. The van der Waals surface area contributed by atoms with E-state index in [4.69, 9.17) is 14.0 Å². The Kier molecular flexibility index (Phi) is 4.06. The van der Waals surface area contributed by atoms with Crippen molar-refractivity contribution in [2.45, 2.75) is 31.9 Å². The fourth-order valence-corrected chi connectivity index (χ4v) is 2.29. The van der Waals surface area contributed by atoms with Gasteiger partial charge in [0, 0.05) is 12.5 Å².